The van der Waals surface area contributed by atoms with E-state index >= 15 is 0 Å². The maximum atomic E-state index is 9.35. The Hall–Kier alpha value is -1.35. The van der Waals surface area contributed by atoms with E-state index in [9.17, 15) is 5.11 Å². The van der Waals surface area contributed by atoms with Crippen LogP contribution in [0.4, 0.5) is 5.82 Å². The Kier molecular flexibility index (Phi) is 4.02. The lowest BCUT2D eigenvalue weighted by molar-refractivity contribution is 0.281. The zero-order chi connectivity index (χ0) is 13.1. The van der Waals surface area contributed by atoms with Crippen LogP contribution < -0.4 is 4.90 Å². The van der Waals surface area contributed by atoms with Crippen LogP contribution in [-0.2, 0) is 6.61 Å². The first-order valence-corrected chi connectivity index (χ1v) is 6.62. The summed E-state index contributed by atoms with van der Waals surface area (Å²) in [7, 11) is 0. The van der Waals surface area contributed by atoms with Crippen molar-refractivity contribution in [2.24, 2.45) is 0 Å². The first-order valence-electron chi connectivity index (χ1n) is 6.62. The third-order valence-electron chi connectivity index (χ3n) is 3.43. The molecule has 98 valence electrons. The Labute approximate surface area is 109 Å². The van der Waals surface area contributed by atoms with Gasteiger partial charge in [0.1, 0.15) is 5.82 Å². The van der Waals surface area contributed by atoms with Gasteiger partial charge in [0, 0.05) is 18.8 Å². The molecule has 0 spiro atoms. The second kappa shape index (κ2) is 5.53. The number of hydrogen-bond donors (Lipinski definition) is 1. The molecule has 1 aliphatic rings. The quantitative estimate of drug-likeness (QED) is 0.833. The summed E-state index contributed by atoms with van der Waals surface area (Å²) < 4.78 is 0. The average Bonchev–Trinajstić information content (AvgIpc) is 2.39. The first kappa shape index (κ1) is 13.1. The largest absolute Gasteiger partial charge is 0.392 e. The van der Waals surface area contributed by atoms with E-state index in [4.69, 9.17) is 4.98 Å². The molecule has 2 heterocycles. The molecule has 1 aromatic rings. The summed E-state index contributed by atoms with van der Waals surface area (Å²) in [6.07, 6.45) is 3.36. The van der Waals surface area contributed by atoms with Crippen LogP contribution in [0.25, 0.3) is 0 Å². The normalized spacial score (nSPS) is 16.1. The number of anilines is 1. The van der Waals surface area contributed by atoms with E-state index in [1.807, 2.05) is 12.1 Å². The molecular formula is C15H22N2O. The van der Waals surface area contributed by atoms with Gasteiger partial charge in [-0.1, -0.05) is 25.5 Å². The second-order valence-electron chi connectivity index (χ2n) is 5.32. The summed E-state index contributed by atoms with van der Waals surface area (Å²) >= 11 is 0. The van der Waals surface area contributed by atoms with Gasteiger partial charge in [-0.2, -0.15) is 0 Å². The topological polar surface area (TPSA) is 36.4 Å². The lowest BCUT2D eigenvalue weighted by Gasteiger charge is -2.27. The van der Waals surface area contributed by atoms with Crippen molar-refractivity contribution in [2.45, 2.75) is 39.7 Å². The Morgan fingerprint density at radius 1 is 1.39 bits per heavy atom. The molecule has 1 aliphatic heterocycles. The molecule has 2 rings (SSSR count). The molecule has 0 atom stereocenters. The summed E-state index contributed by atoms with van der Waals surface area (Å²) in [5.41, 5.74) is 3.46. The van der Waals surface area contributed by atoms with Crippen molar-refractivity contribution in [1.82, 2.24) is 4.98 Å². The molecule has 0 bridgehead atoms. The lowest BCUT2D eigenvalue weighted by Crippen LogP contribution is -2.29. The monoisotopic (exact) mass is 246 g/mol. The van der Waals surface area contributed by atoms with E-state index in [0.717, 1.165) is 36.6 Å². The van der Waals surface area contributed by atoms with Crippen molar-refractivity contribution in [2.75, 3.05) is 18.0 Å². The minimum Gasteiger partial charge on any atom is -0.392 e. The van der Waals surface area contributed by atoms with Gasteiger partial charge in [0.15, 0.2) is 0 Å². The highest BCUT2D eigenvalue weighted by molar-refractivity contribution is 5.45. The highest BCUT2D eigenvalue weighted by Crippen LogP contribution is 2.22. The lowest BCUT2D eigenvalue weighted by atomic mass is 10.1. The van der Waals surface area contributed by atoms with Gasteiger partial charge in [0.05, 0.1) is 6.61 Å². The summed E-state index contributed by atoms with van der Waals surface area (Å²) in [4.78, 5) is 6.99. The second-order valence-corrected chi connectivity index (χ2v) is 5.32. The highest BCUT2D eigenvalue weighted by atomic mass is 16.3. The third kappa shape index (κ3) is 2.91. The number of aliphatic hydroxyl groups is 1. The van der Waals surface area contributed by atoms with Crippen LogP contribution in [0.15, 0.2) is 23.8 Å². The van der Waals surface area contributed by atoms with Gasteiger partial charge in [0.2, 0.25) is 0 Å². The van der Waals surface area contributed by atoms with Crippen LogP contribution in [0.3, 0.4) is 0 Å². The first-order chi connectivity index (χ1) is 8.60. The molecule has 0 fully saturated rings. The van der Waals surface area contributed by atoms with Gasteiger partial charge in [-0.05, 0) is 37.0 Å². The molecule has 3 nitrogen and oxygen atoms in total. The molecular weight excluding hydrogens is 224 g/mol. The third-order valence-corrected chi connectivity index (χ3v) is 3.43. The number of aromatic nitrogens is 1. The number of hydrogen-bond acceptors (Lipinski definition) is 3. The molecule has 0 unspecified atom stereocenters. The molecule has 0 radical (unpaired) electrons. The summed E-state index contributed by atoms with van der Waals surface area (Å²) in [6.45, 7) is 8.46. The predicted octanol–water partition coefficient (Wildman–Crippen LogP) is 2.85. The smallest absolute Gasteiger partial charge is 0.129 e. The molecule has 0 saturated heterocycles. The van der Waals surface area contributed by atoms with E-state index in [-0.39, 0.29) is 6.61 Å². The molecule has 0 aliphatic carbocycles. The molecule has 0 aromatic carbocycles. The van der Waals surface area contributed by atoms with Crippen molar-refractivity contribution in [3.8, 4) is 0 Å². The van der Waals surface area contributed by atoms with Crippen LogP contribution in [-0.4, -0.2) is 23.2 Å². The van der Waals surface area contributed by atoms with Crippen LogP contribution in [0.1, 0.15) is 44.4 Å². The minimum absolute atomic E-state index is 0.0813. The summed E-state index contributed by atoms with van der Waals surface area (Å²) in [5.74, 6) is 1.38. The zero-order valence-corrected chi connectivity index (χ0v) is 11.5. The standard InChI is InChI=1S/C15H22N2O/c1-11(2)14-8-13(10-18)9-15(16-14)17-6-4-12(3)5-7-17/h4,8-9,11,18H,5-7,10H2,1-3H3. The maximum absolute atomic E-state index is 9.35. The van der Waals surface area contributed by atoms with Crippen molar-refractivity contribution in [3.63, 3.8) is 0 Å². The van der Waals surface area contributed by atoms with E-state index < -0.39 is 0 Å². The Balaban J connectivity index is 2.29. The molecule has 0 saturated carbocycles. The van der Waals surface area contributed by atoms with Gasteiger partial charge in [-0.3, -0.25) is 0 Å². The van der Waals surface area contributed by atoms with Crippen LogP contribution >= 0.6 is 0 Å². The Morgan fingerprint density at radius 3 is 2.72 bits per heavy atom. The highest BCUT2D eigenvalue weighted by Gasteiger charge is 2.14. The van der Waals surface area contributed by atoms with E-state index in [2.05, 4.69) is 31.7 Å². The van der Waals surface area contributed by atoms with Gasteiger partial charge in [-0.15, -0.1) is 0 Å². The van der Waals surface area contributed by atoms with Crippen molar-refractivity contribution < 1.29 is 5.11 Å². The van der Waals surface area contributed by atoms with Gasteiger partial charge in [-0.25, -0.2) is 4.98 Å². The SMILES string of the molecule is CC1=CCN(c2cc(CO)cc(C(C)C)n2)CC1. The van der Waals surface area contributed by atoms with Crippen LogP contribution in [0.5, 0.6) is 0 Å². The average molecular weight is 246 g/mol. The Morgan fingerprint density at radius 2 is 2.17 bits per heavy atom. The minimum atomic E-state index is 0.0813. The molecule has 1 aromatic heterocycles. The van der Waals surface area contributed by atoms with Gasteiger partial charge in [0.25, 0.3) is 0 Å². The van der Waals surface area contributed by atoms with Gasteiger partial charge < -0.3 is 10.0 Å². The summed E-state index contributed by atoms with van der Waals surface area (Å²) in [6, 6.07) is 4.00. The number of rotatable bonds is 3. The number of aliphatic hydroxyl groups excluding tert-OH is 1. The molecule has 0 amide bonds. The Bertz CT molecular complexity index is 452. The van der Waals surface area contributed by atoms with E-state index in [0.29, 0.717) is 5.92 Å². The maximum Gasteiger partial charge on any atom is 0.129 e. The van der Waals surface area contributed by atoms with Crippen molar-refractivity contribution in [3.05, 3.63) is 35.0 Å². The van der Waals surface area contributed by atoms with Crippen LogP contribution in [0, 0.1) is 0 Å². The molecule has 3 heteroatoms. The van der Waals surface area contributed by atoms with Crippen molar-refractivity contribution in [1.29, 1.82) is 0 Å². The number of nitrogens with zero attached hydrogens (tertiary/aromatic N) is 2. The molecule has 1 N–H and O–H groups in total. The fourth-order valence-electron chi connectivity index (χ4n) is 2.12. The fourth-order valence-corrected chi connectivity index (χ4v) is 2.12. The summed E-state index contributed by atoms with van der Waals surface area (Å²) in [5, 5.41) is 9.35. The zero-order valence-electron chi connectivity index (χ0n) is 11.5. The van der Waals surface area contributed by atoms with Crippen molar-refractivity contribution >= 4 is 5.82 Å². The van der Waals surface area contributed by atoms with E-state index in [1.54, 1.807) is 0 Å². The van der Waals surface area contributed by atoms with Crippen LogP contribution in [0.2, 0.25) is 0 Å². The van der Waals surface area contributed by atoms with E-state index in [1.165, 1.54) is 5.57 Å². The predicted molar refractivity (Wildman–Crippen MR) is 74.8 cm³/mol. The fraction of sp³-hybridized carbons (Fsp3) is 0.533. The van der Waals surface area contributed by atoms with Gasteiger partial charge >= 0.3 is 0 Å². The number of pyridine rings is 1. The molecule has 18 heavy (non-hydrogen) atoms.